The molecule has 0 spiro atoms. The highest BCUT2D eigenvalue weighted by Gasteiger charge is 2.19. The first-order valence-corrected chi connectivity index (χ1v) is 12.9. The van der Waals surface area contributed by atoms with Crippen molar-refractivity contribution in [2.75, 3.05) is 0 Å². The van der Waals surface area contributed by atoms with Crippen LogP contribution in [-0.2, 0) is 25.6 Å². The van der Waals surface area contributed by atoms with Gasteiger partial charge in [0, 0.05) is 28.7 Å². The Morgan fingerprint density at radius 1 is 0.610 bits per heavy atom. The maximum absolute atomic E-state index is 12.6. The fourth-order valence-electron chi connectivity index (χ4n) is 3.66. The molecule has 2 aromatic carbocycles. The van der Waals surface area contributed by atoms with E-state index in [0.29, 0.717) is 23.1 Å². The number of carbonyl (C=O) groups excluding carboxylic acids is 4. The zero-order valence-corrected chi connectivity index (χ0v) is 24.6. The lowest BCUT2D eigenvalue weighted by Gasteiger charge is -2.17. The van der Waals surface area contributed by atoms with Crippen LogP contribution < -0.4 is 14.2 Å². The van der Waals surface area contributed by atoms with Crippen molar-refractivity contribution in [3.63, 3.8) is 0 Å². The minimum absolute atomic E-state index is 0.00179. The van der Waals surface area contributed by atoms with Crippen molar-refractivity contribution in [1.29, 1.82) is 0 Å². The highest BCUT2D eigenvalue weighted by molar-refractivity contribution is 5.97. The van der Waals surface area contributed by atoms with Crippen LogP contribution in [0, 0.1) is 0 Å². The van der Waals surface area contributed by atoms with Gasteiger partial charge in [0.1, 0.15) is 5.75 Å². The van der Waals surface area contributed by atoms with Crippen LogP contribution in [0.3, 0.4) is 0 Å². The van der Waals surface area contributed by atoms with E-state index in [9.17, 15) is 19.2 Å². The summed E-state index contributed by atoms with van der Waals surface area (Å²) in [4.78, 5) is 49.3. The average Bonchev–Trinajstić information content (AvgIpc) is 2.90. The van der Waals surface area contributed by atoms with E-state index in [-0.39, 0.29) is 46.2 Å². The summed E-state index contributed by atoms with van der Waals surface area (Å²) >= 11 is 0. The lowest BCUT2D eigenvalue weighted by atomic mass is 9.91. The number of hydrogen-bond donors (Lipinski definition) is 0. The maximum Gasteiger partial charge on any atom is 0.338 e. The van der Waals surface area contributed by atoms with Crippen molar-refractivity contribution >= 4 is 34.8 Å². The standard InChI is InChI=1S/C34H36O7/c1-11-27(25-13-14-29(39-32(36)20(4)5)26(16-25)17-28(35)19(2)3)23(10)24-12-15-30(40-33(37)21(6)7)31(18-24)41-34(38)22(8)9/h12-16,18H,2,4,6,8,11,17H2,1,3,5,7,9-10H3/b27-23+. The Bertz CT molecular complexity index is 1500. The van der Waals surface area contributed by atoms with Crippen molar-refractivity contribution in [1.82, 2.24) is 0 Å². The van der Waals surface area contributed by atoms with E-state index in [0.717, 1.165) is 16.7 Å². The zero-order valence-electron chi connectivity index (χ0n) is 24.6. The molecule has 2 rings (SSSR count). The monoisotopic (exact) mass is 556 g/mol. The molecule has 0 N–H and O–H groups in total. The van der Waals surface area contributed by atoms with Crippen molar-refractivity contribution in [3.8, 4) is 17.2 Å². The minimum Gasteiger partial charge on any atom is -0.423 e. The molecule has 0 aliphatic heterocycles. The van der Waals surface area contributed by atoms with Gasteiger partial charge in [0.05, 0.1) is 0 Å². The first-order valence-electron chi connectivity index (χ1n) is 12.9. The predicted octanol–water partition coefficient (Wildman–Crippen LogP) is 7.16. The average molecular weight is 557 g/mol. The van der Waals surface area contributed by atoms with E-state index in [1.165, 1.54) is 13.8 Å². The normalized spacial score (nSPS) is 11.1. The number of carbonyl (C=O) groups is 4. The quantitative estimate of drug-likeness (QED) is 0.118. The second-order valence-corrected chi connectivity index (χ2v) is 9.83. The van der Waals surface area contributed by atoms with Crippen LogP contribution in [-0.4, -0.2) is 23.7 Å². The van der Waals surface area contributed by atoms with Gasteiger partial charge in [0.25, 0.3) is 0 Å². The third-order valence-corrected chi connectivity index (χ3v) is 6.07. The van der Waals surface area contributed by atoms with Crippen LogP contribution in [0.25, 0.3) is 11.1 Å². The summed E-state index contributed by atoms with van der Waals surface area (Å²) < 4.78 is 16.4. The second kappa shape index (κ2) is 14.0. The molecule has 214 valence electrons. The molecule has 0 saturated carbocycles. The number of ether oxygens (including phenoxy) is 3. The summed E-state index contributed by atoms with van der Waals surface area (Å²) in [5.41, 5.74) is 4.81. The fourth-order valence-corrected chi connectivity index (χ4v) is 3.66. The van der Waals surface area contributed by atoms with Crippen LogP contribution in [0.5, 0.6) is 17.2 Å². The molecule has 0 amide bonds. The van der Waals surface area contributed by atoms with Gasteiger partial charge in [-0.15, -0.1) is 0 Å². The molecule has 0 bridgehead atoms. The lowest BCUT2D eigenvalue weighted by Crippen LogP contribution is -2.13. The summed E-state index contributed by atoms with van der Waals surface area (Å²) in [6, 6.07) is 10.2. The van der Waals surface area contributed by atoms with Crippen LogP contribution in [0.4, 0.5) is 0 Å². The first-order chi connectivity index (χ1) is 19.2. The van der Waals surface area contributed by atoms with Gasteiger partial charge >= 0.3 is 17.9 Å². The topological polar surface area (TPSA) is 96.0 Å². The second-order valence-electron chi connectivity index (χ2n) is 9.83. The molecule has 0 aliphatic rings. The predicted molar refractivity (Wildman–Crippen MR) is 161 cm³/mol. The molecule has 0 aliphatic carbocycles. The number of allylic oxidation sites excluding steroid dienone is 3. The highest BCUT2D eigenvalue weighted by Crippen LogP contribution is 2.36. The molecule has 0 saturated heterocycles. The number of Topliss-reactive ketones (excluding diaryl/α,β-unsaturated/α-hetero) is 1. The van der Waals surface area contributed by atoms with E-state index in [1.54, 1.807) is 38.1 Å². The van der Waals surface area contributed by atoms with Gasteiger partial charge in [0.15, 0.2) is 17.3 Å². The number of benzene rings is 2. The van der Waals surface area contributed by atoms with E-state index < -0.39 is 17.9 Å². The van der Waals surface area contributed by atoms with Gasteiger partial charge in [-0.25, -0.2) is 14.4 Å². The smallest absolute Gasteiger partial charge is 0.338 e. The third-order valence-electron chi connectivity index (χ3n) is 6.07. The molecule has 0 unspecified atom stereocenters. The molecule has 41 heavy (non-hydrogen) atoms. The Morgan fingerprint density at radius 2 is 1.07 bits per heavy atom. The Morgan fingerprint density at radius 3 is 1.56 bits per heavy atom. The van der Waals surface area contributed by atoms with E-state index >= 15 is 0 Å². The largest absolute Gasteiger partial charge is 0.423 e. The third kappa shape index (κ3) is 8.60. The Labute approximate surface area is 241 Å². The van der Waals surface area contributed by atoms with Crippen LogP contribution in [0.1, 0.15) is 64.7 Å². The zero-order chi connectivity index (χ0) is 31.0. The van der Waals surface area contributed by atoms with Crippen LogP contribution in [0.2, 0.25) is 0 Å². The molecule has 0 aromatic heterocycles. The molecular weight excluding hydrogens is 520 g/mol. The van der Waals surface area contributed by atoms with E-state index in [1.807, 2.05) is 26.0 Å². The van der Waals surface area contributed by atoms with Gasteiger partial charge in [-0.3, -0.25) is 4.79 Å². The molecule has 0 atom stereocenters. The van der Waals surface area contributed by atoms with Crippen molar-refractivity contribution in [2.24, 2.45) is 0 Å². The number of ketones is 1. The molecule has 0 heterocycles. The van der Waals surface area contributed by atoms with Crippen molar-refractivity contribution < 1.29 is 33.4 Å². The molecule has 0 fully saturated rings. The van der Waals surface area contributed by atoms with Gasteiger partial charge in [-0.2, -0.15) is 0 Å². The highest BCUT2D eigenvalue weighted by atomic mass is 16.6. The minimum atomic E-state index is -0.668. The molecule has 2 aromatic rings. The molecule has 7 heteroatoms. The van der Waals surface area contributed by atoms with Crippen molar-refractivity contribution in [2.45, 2.75) is 54.4 Å². The summed E-state index contributed by atoms with van der Waals surface area (Å²) in [5, 5.41) is 0. The molecular formula is C34H36O7. The van der Waals surface area contributed by atoms with Crippen LogP contribution in [0.15, 0.2) is 85.0 Å². The summed E-state index contributed by atoms with van der Waals surface area (Å²) in [6.07, 6.45) is 0.611. The maximum atomic E-state index is 12.6. The van der Waals surface area contributed by atoms with E-state index in [4.69, 9.17) is 14.2 Å². The number of hydrogen-bond acceptors (Lipinski definition) is 7. The molecule has 0 radical (unpaired) electrons. The number of esters is 3. The Kier molecular flexibility index (Phi) is 11.1. The fraction of sp³-hybridized carbons (Fsp3) is 0.235. The SMILES string of the molecule is C=C(C)C(=O)Cc1cc(/C(CC)=C(\C)c2ccc(OC(=O)C(=C)C)c(OC(=O)C(=C)C)c2)ccc1OC(=O)C(=C)C. The molecule has 7 nitrogen and oxygen atoms in total. The summed E-state index contributed by atoms with van der Waals surface area (Å²) in [5.74, 6) is -1.72. The van der Waals surface area contributed by atoms with Gasteiger partial charge in [0.2, 0.25) is 0 Å². The van der Waals surface area contributed by atoms with Gasteiger partial charge in [-0.1, -0.05) is 45.4 Å². The van der Waals surface area contributed by atoms with E-state index in [2.05, 4.69) is 26.3 Å². The van der Waals surface area contributed by atoms with Gasteiger partial charge < -0.3 is 14.2 Å². The summed E-state index contributed by atoms with van der Waals surface area (Å²) in [7, 11) is 0. The Hall–Kier alpha value is -4.78. The van der Waals surface area contributed by atoms with Gasteiger partial charge in [-0.05, 0) is 93.2 Å². The van der Waals surface area contributed by atoms with Crippen molar-refractivity contribution in [3.05, 3.63) is 102 Å². The number of rotatable bonds is 12. The Balaban J connectivity index is 2.67. The van der Waals surface area contributed by atoms with Crippen LogP contribution >= 0.6 is 0 Å². The first kappa shape index (κ1) is 32.4. The lowest BCUT2D eigenvalue weighted by molar-refractivity contribution is -0.132. The summed E-state index contributed by atoms with van der Waals surface area (Å²) in [6.45, 7) is 24.6.